The molecule has 1 saturated heterocycles. The average Bonchev–Trinajstić information content (AvgIpc) is 2.99. The Hall–Kier alpha value is -2.20. The summed E-state index contributed by atoms with van der Waals surface area (Å²) in [6, 6.07) is 16.0. The minimum Gasteiger partial charge on any atom is -0.338 e. The minimum absolute atomic E-state index is 0.128. The van der Waals surface area contributed by atoms with Gasteiger partial charge in [0.2, 0.25) is 0 Å². The molecule has 1 amide bonds. The van der Waals surface area contributed by atoms with Crippen LogP contribution in [-0.4, -0.2) is 30.4 Å². The molecule has 0 saturated carbocycles. The van der Waals surface area contributed by atoms with Gasteiger partial charge < -0.3 is 10.6 Å². The van der Waals surface area contributed by atoms with E-state index >= 15 is 0 Å². The molecule has 3 rings (SSSR count). The first kappa shape index (κ1) is 14.7. The van der Waals surface area contributed by atoms with Crippen molar-refractivity contribution in [3.8, 4) is 0 Å². The van der Waals surface area contributed by atoms with Crippen molar-refractivity contribution in [3.05, 3.63) is 71.5 Å². The van der Waals surface area contributed by atoms with Crippen molar-refractivity contribution in [1.29, 1.82) is 0 Å². The molecule has 3 nitrogen and oxygen atoms in total. The first-order valence-electron chi connectivity index (χ1n) is 7.49. The van der Waals surface area contributed by atoms with E-state index in [4.69, 9.17) is 5.73 Å². The van der Waals surface area contributed by atoms with Crippen LogP contribution in [0.25, 0.3) is 0 Å². The smallest absolute Gasteiger partial charge is 0.253 e. The topological polar surface area (TPSA) is 46.3 Å². The summed E-state index contributed by atoms with van der Waals surface area (Å²) in [7, 11) is 0. The molecule has 2 aromatic carbocycles. The molecule has 4 heteroatoms. The molecule has 0 unspecified atom stereocenters. The van der Waals surface area contributed by atoms with Gasteiger partial charge in [-0.15, -0.1) is 0 Å². The quantitative estimate of drug-likeness (QED) is 0.947. The third kappa shape index (κ3) is 2.88. The summed E-state index contributed by atoms with van der Waals surface area (Å²) in [4.78, 5) is 14.3. The van der Waals surface area contributed by atoms with Crippen molar-refractivity contribution in [2.24, 2.45) is 11.7 Å². The molecule has 1 fully saturated rings. The van der Waals surface area contributed by atoms with Crippen molar-refractivity contribution in [2.75, 3.05) is 19.6 Å². The number of amides is 1. The maximum absolute atomic E-state index is 13.3. The van der Waals surface area contributed by atoms with Gasteiger partial charge in [0.25, 0.3) is 5.91 Å². The third-order valence-electron chi connectivity index (χ3n) is 4.33. The minimum atomic E-state index is -0.389. The molecule has 0 radical (unpaired) electrons. The van der Waals surface area contributed by atoms with E-state index < -0.39 is 0 Å². The van der Waals surface area contributed by atoms with Crippen LogP contribution in [0.15, 0.2) is 54.6 Å². The lowest BCUT2D eigenvalue weighted by molar-refractivity contribution is 0.0786. The molecular weight excluding hydrogens is 279 g/mol. The fourth-order valence-electron chi connectivity index (χ4n) is 3.16. The second-order valence-electron chi connectivity index (χ2n) is 5.73. The summed E-state index contributed by atoms with van der Waals surface area (Å²) in [6.45, 7) is 1.78. The van der Waals surface area contributed by atoms with Crippen LogP contribution in [0.4, 0.5) is 4.39 Å². The van der Waals surface area contributed by atoms with Crippen LogP contribution >= 0.6 is 0 Å². The molecule has 0 spiro atoms. The Balaban J connectivity index is 1.81. The lowest BCUT2D eigenvalue weighted by atomic mass is 9.89. The van der Waals surface area contributed by atoms with E-state index in [9.17, 15) is 9.18 Å². The number of carbonyl (C=O) groups is 1. The molecule has 0 bridgehead atoms. The summed E-state index contributed by atoms with van der Waals surface area (Å²) in [5, 5.41) is 0. The van der Waals surface area contributed by atoms with Crippen molar-refractivity contribution in [1.82, 2.24) is 4.90 Å². The highest BCUT2D eigenvalue weighted by Crippen LogP contribution is 2.32. The van der Waals surface area contributed by atoms with Gasteiger partial charge >= 0.3 is 0 Å². The zero-order valence-electron chi connectivity index (χ0n) is 12.3. The Morgan fingerprint density at radius 1 is 1.14 bits per heavy atom. The number of likely N-dealkylation sites (tertiary alicyclic amines) is 1. The van der Waals surface area contributed by atoms with E-state index in [2.05, 4.69) is 12.1 Å². The Bertz CT molecular complexity index is 659. The molecule has 1 heterocycles. The highest BCUT2D eigenvalue weighted by molar-refractivity contribution is 5.94. The molecule has 0 aromatic heterocycles. The van der Waals surface area contributed by atoms with E-state index in [0.717, 1.165) is 0 Å². The van der Waals surface area contributed by atoms with Crippen molar-refractivity contribution in [3.63, 3.8) is 0 Å². The highest BCUT2D eigenvalue weighted by Gasteiger charge is 2.35. The molecule has 22 heavy (non-hydrogen) atoms. The van der Waals surface area contributed by atoms with Crippen LogP contribution in [0.1, 0.15) is 21.8 Å². The molecule has 0 aliphatic carbocycles. The van der Waals surface area contributed by atoms with Crippen LogP contribution in [0.2, 0.25) is 0 Å². The fourth-order valence-corrected chi connectivity index (χ4v) is 3.16. The van der Waals surface area contributed by atoms with Crippen LogP contribution < -0.4 is 5.73 Å². The summed E-state index contributed by atoms with van der Waals surface area (Å²) in [5.74, 6) is -0.0416. The Morgan fingerprint density at radius 3 is 2.59 bits per heavy atom. The number of hydrogen-bond acceptors (Lipinski definition) is 2. The molecule has 1 aliphatic heterocycles. The number of rotatable bonds is 3. The van der Waals surface area contributed by atoms with E-state index in [1.54, 1.807) is 17.0 Å². The largest absolute Gasteiger partial charge is 0.338 e. The number of nitrogens with two attached hydrogens (primary N) is 1. The normalized spacial score (nSPS) is 21.1. The standard InChI is InChI=1S/C18H19FN2O/c19-16-8-4-7-14(9-16)18(22)21-11-15(10-20)17(12-21)13-5-2-1-3-6-13/h1-9,15,17H,10-12,20H2/t15-,17+/m1/s1. The average molecular weight is 298 g/mol. The molecule has 2 aromatic rings. The number of hydrogen-bond donors (Lipinski definition) is 1. The van der Waals surface area contributed by atoms with Gasteiger partial charge in [0, 0.05) is 24.6 Å². The maximum atomic E-state index is 13.3. The zero-order chi connectivity index (χ0) is 15.5. The van der Waals surface area contributed by atoms with E-state index in [0.29, 0.717) is 25.2 Å². The SMILES string of the molecule is NC[C@@H]1CN(C(=O)c2cccc(F)c2)C[C@H]1c1ccccc1. The van der Waals surface area contributed by atoms with Crippen LogP contribution in [-0.2, 0) is 0 Å². The van der Waals surface area contributed by atoms with Gasteiger partial charge in [-0.3, -0.25) is 4.79 Å². The first-order chi connectivity index (χ1) is 10.7. The monoisotopic (exact) mass is 298 g/mol. The van der Waals surface area contributed by atoms with Gasteiger partial charge in [-0.1, -0.05) is 36.4 Å². The second kappa shape index (κ2) is 6.28. The van der Waals surface area contributed by atoms with Crippen LogP contribution in [0.3, 0.4) is 0 Å². The van der Waals surface area contributed by atoms with Gasteiger partial charge in [0.1, 0.15) is 5.82 Å². The third-order valence-corrected chi connectivity index (χ3v) is 4.33. The second-order valence-corrected chi connectivity index (χ2v) is 5.73. The van der Waals surface area contributed by atoms with Crippen molar-refractivity contribution in [2.45, 2.75) is 5.92 Å². The number of nitrogens with zero attached hydrogens (tertiary/aromatic N) is 1. The highest BCUT2D eigenvalue weighted by atomic mass is 19.1. The van der Waals surface area contributed by atoms with Gasteiger partial charge in [0.15, 0.2) is 0 Å². The van der Waals surface area contributed by atoms with E-state index in [-0.39, 0.29) is 23.6 Å². The maximum Gasteiger partial charge on any atom is 0.253 e. The summed E-state index contributed by atoms with van der Waals surface area (Å²) < 4.78 is 13.3. The Kier molecular flexibility index (Phi) is 4.20. The molecule has 1 aliphatic rings. The zero-order valence-corrected chi connectivity index (χ0v) is 12.3. The molecule has 114 valence electrons. The lowest BCUT2D eigenvalue weighted by Crippen LogP contribution is -2.29. The molecule has 2 N–H and O–H groups in total. The summed E-state index contributed by atoms with van der Waals surface area (Å²) in [5.41, 5.74) is 7.48. The van der Waals surface area contributed by atoms with Crippen LogP contribution in [0.5, 0.6) is 0 Å². The predicted molar refractivity (Wildman–Crippen MR) is 84.0 cm³/mol. The van der Waals surface area contributed by atoms with Gasteiger partial charge in [-0.2, -0.15) is 0 Å². The Labute approximate surface area is 129 Å². The van der Waals surface area contributed by atoms with E-state index in [1.807, 2.05) is 18.2 Å². The summed E-state index contributed by atoms with van der Waals surface area (Å²) >= 11 is 0. The summed E-state index contributed by atoms with van der Waals surface area (Å²) in [6.07, 6.45) is 0. The fraction of sp³-hybridized carbons (Fsp3) is 0.278. The Morgan fingerprint density at radius 2 is 1.91 bits per heavy atom. The number of benzene rings is 2. The van der Waals surface area contributed by atoms with Gasteiger partial charge in [-0.25, -0.2) is 4.39 Å². The molecule has 2 atom stereocenters. The number of carbonyl (C=O) groups excluding carboxylic acids is 1. The predicted octanol–water partition coefficient (Wildman–Crippen LogP) is 2.64. The van der Waals surface area contributed by atoms with Crippen molar-refractivity contribution < 1.29 is 9.18 Å². The van der Waals surface area contributed by atoms with Gasteiger partial charge in [0.05, 0.1) is 0 Å². The lowest BCUT2D eigenvalue weighted by Gasteiger charge is -2.17. The first-order valence-corrected chi connectivity index (χ1v) is 7.49. The van der Waals surface area contributed by atoms with Crippen molar-refractivity contribution >= 4 is 5.91 Å². The van der Waals surface area contributed by atoms with Gasteiger partial charge in [-0.05, 0) is 36.2 Å². The number of halogens is 1. The van der Waals surface area contributed by atoms with E-state index in [1.165, 1.54) is 17.7 Å². The van der Waals surface area contributed by atoms with Crippen LogP contribution in [0, 0.1) is 11.7 Å². The molecular formula is C18H19FN2O.